The molecule has 23 heavy (non-hydrogen) atoms. The van der Waals surface area contributed by atoms with Gasteiger partial charge in [-0.3, -0.25) is 14.5 Å². The molecule has 3 rings (SSSR count). The molecule has 0 saturated carbocycles. The van der Waals surface area contributed by atoms with E-state index in [1.807, 2.05) is 13.8 Å². The van der Waals surface area contributed by atoms with Gasteiger partial charge in [0.1, 0.15) is 0 Å². The summed E-state index contributed by atoms with van der Waals surface area (Å²) in [5.41, 5.74) is 1.09. The molecule has 0 aliphatic carbocycles. The summed E-state index contributed by atoms with van der Waals surface area (Å²) in [4.78, 5) is 29.3. The van der Waals surface area contributed by atoms with Gasteiger partial charge in [-0.25, -0.2) is 0 Å². The maximum atomic E-state index is 12.6. The lowest BCUT2D eigenvalue weighted by molar-refractivity contribution is -0.0390. The first-order valence-corrected chi connectivity index (χ1v) is 8.33. The van der Waals surface area contributed by atoms with Gasteiger partial charge < -0.3 is 15.0 Å². The molecule has 0 aromatic carbocycles. The second-order valence-corrected chi connectivity index (χ2v) is 6.96. The highest BCUT2D eigenvalue weighted by molar-refractivity contribution is 5.95. The third-order valence-corrected chi connectivity index (χ3v) is 4.70. The number of nitrogens with zero attached hydrogens (tertiary/aromatic N) is 1. The Balaban J connectivity index is 1.70. The van der Waals surface area contributed by atoms with E-state index in [-0.39, 0.29) is 29.5 Å². The molecule has 1 aromatic rings. The summed E-state index contributed by atoms with van der Waals surface area (Å²) in [5, 5.41) is 3.12. The van der Waals surface area contributed by atoms with Crippen molar-refractivity contribution in [3.8, 4) is 0 Å². The number of hydrogen-bond donors (Lipinski definition) is 2. The van der Waals surface area contributed by atoms with Gasteiger partial charge in [0.25, 0.3) is 5.91 Å². The highest BCUT2D eigenvalue weighted by atomic mass is 16.5. The molecular formula is C17H25N3O3. The van der Waals surface area contributed by atoms with Crippen LogP contribution in [0.4, 0.5) is 0 Å². The van der Waals surface area contributed by atoms with E-state index in [9.17, 15) is 9.59 Å². The Morgan fingerprint density at radius 3 is 2.91 bits per heavy atom. The van der Waals surface area contributed by atoms with Gasteiger partial charge in [-0.15, -0.1) is 0 Å². The average Bonchev–Trinajstić information content (AvgIpc) is 2.88. The summed E-state index contributed by atoms with van der Waals surface area (Å²) in [7, 11) is 0. The van der Waals surface area contributed by atoms with E-state index in [4.69, 9.17) is 4.74 Å². The van der Waals surface area contributed by atoms with E-state index in [1.54, 1.807) is 6.07 Å². The molecule has 6 heteroatoms. The number of aromatic amines is 1. The first-order chi connectivity index (χ1) is 10.9. The van der Waals surface area contributed by atoms with Crippen molar-refractivity contribution in [1.29, 1.82) is 0 Å². The minimum absolute atomic E-state index is 0.0915. The molecule has 0 bridgehead atoms. The zero-order valence-corrected chi connectivity index (χ0v) is 14.0. The van der Waals surface area contributed by atoms with Crippen molar-refractivity contribution in [2.24, 2.45) is 0 Å². The Labute approximate surface area is 136 Å². The maximum Gasteiger partial charge on any atom is 0.253 e. The fraction of sp³-hybridized carbons (Fsp3) is 0.647. The number of fused-ring (bicyclic) bond motifs is 1. The molecule has 2 N–H and O–H groups in total. The van der Waals surface area contributed by atoms with Crippen LogP contribution in [0.15, 0.2) is 16.9 Å². The van der Waals surface area contributed by atoms with Gasteiger partial charge in [-0.2, -0.15) is 0 Å². The topological polar surface area (TPSA) is 74.4 Å². The van der Waals surface area contributed by atoms with Crippen LogP contribution in [0, 0.1) is 0 Å². The van der Waals surface area contributed by atoms with Crippen molar-refractivity contribution in [1.82, 2.24) is 15.2 Å². The van der Waals surface area contributed by atoms with E-state index in [2.05, 4.69) is 22.1 Å². The number of carbonyl (C=O) groups is 1. The van der Waals surface area contributed by atoms with Crippen molar-refractivity contribution in [2.45, 2.75) is 51.3 Å². The molecule has 1 amide bonds. The maximum absolute atomic E-state index is 12.6. The van der Waals surface area contributed by atoms with Crippen LogP contribution in [0.5, 0.6) is 0 Å². The molecule has 0 spiro atoms. The Kier molecular flexibility index (Phi) is 4.55. The van der Waals surface area contributed by atoms with Crippen LogP contribution in [0.1, 0.15) is 49.2 Å². The Bertz CT molecular complexity index is 640. The number of nitrogens with one attached hydrogen (secondary N) is 2. The zero-order chi connectivity index (χ0) is 16.6. The average molecular weight is 319 g/mol. The zero-order valence-electron chi connectivity index (χ0n) is 14.0. The summed E-state index contributed by atoms with van der Waals surface area (Å²) >= 11 is 0. The van der Waals surface area contributed by atoms with Crippen LogP contribution in [0.3, 0.4) is 0 Å². The second kappa shape index (κ2) is 6.45. The monoisotopic (exact) mass is 319 g/mol. The fourth-order valence-corrected chi connectivity index (χ4v) is 3.55. The van der Waals surface area contributed by atoms with E-state index >= 15 is 0 Å². The van der Waals surface area contributed by atoms with Gasteiger partial charge in [0.2, 0.25) is 5.56 Å². The molecular weight excluding hydrogens is 294 g/mol. The molecule has 2 aliphatic rings. The third kappa shape index (κ3) is 3.48. The van der Waals surface area contributed by atoms with Crippen molar-refractivity contribution >= 4 is 5.91 Å². The van der Waals surface area contributed by atoms with E-state index in [0.29, 0.717) is 17.3 Å². The molecule has 126 valence electrons. The van der Waals surface area contributed by atoms with Gasteiger partial charge in [0.15, 0.2) is 0 Å². The lowest BCUT2D eigenvalue weighted by atomic mass is 10.0. The minimum atomic E-state index is -0.172. The molecule has 0 radical (unpaired) electrons. The molecule has 2 fully saturated rings. The Morgan fingerprint density at radius 2 is 2.17 bits per heavy atom. The summed E-state index contributed by atoms with van der Waals surface area (Å²) < 4.78 is 5.70. The van der Waals surface area contributed by atoms with Crippen LogP contribution in [0.25, 0.3) is 0 Å². The normalized spacial score (nSPS) is 27.9. The first-order valence-electron chi connectivity index (χ1n) is 8.33. The molecule has 1 aromatic heterocycles. The number of amides is 1. The SMILES string of the molecule is CC(C)c1[nH]c(=O)ccc1C(=O)N[C@H]1C[C@H]2CO[C@@H](C)CN2C1. The smallest absolute Gasteiger partial charge is 0.253 e. The number of aromatic nitrogens is 1. The van der Waals surface area contributed by atoms with E-state index < -0.39 is 0 Å². The van der Waals surface area contributed by atoms with E-state index in [0.717, 1.165) is 26.1 Å². The highest BCUT2D eigenvalue weighted by Crippen LogP contribution is 2.24. The quantitative estimate of drug-likeness (QED) is 0.874. The van der Waals surface area contributed by atoms with Crippen molar-refractivity contribution in [3.05, 3.63) is 33.7 Å². The number of ether oxygens (including phenoxy) is 1. The first kappa shape index (κ1) is 16.2. The number of hydrogen-bond acceptors (Lipinski definition) is 4. The predicted molar refractivity (Wildman–Crippen MR) is 87.8 cm³/mol. The molecule has 3 heterocycles. The molecule has 0 unspecified atom stereocenters. The minimum Gasteiger partial charge on any atom is -0.376 e. The molecule has 2 aliphatic heterocycles. The molecule has 3 atom stereocenters. The van der Waals surface area contributed by atoms with Crippen LogP contribution in [-0.2, 0) is 4.74 Å². The fourth-order valence-electron chi connectivity index (χ4n) is 3.55. The standard InChI is InChI=1S/C17H25N3O3/c1-10(2)16-14(4-5-15(21)19-16)17(22)18-12-6-13-9-23-11(3)7-20(13)8-12/h4-5,10-13H,6-9H2,1-3H3,(H,18,22)(H,19,21)/t11-,12-,13-/m0/s1. The van der Waals surface area contributed by atoms with Gasteiger partial charge in [-0.05, 0) is 25.3 Å². The van der Waals surface area contributed by atoms with Crippen LogP contribution < -0.4 is 10.9 Å². The Hall–Kier alpha value is -1.66. The van der Waals surface area contributed by atoms with Crippen molar-refractivity contribution < 1.29 is 9.53 Å². The lowest BCUT2D eigenvalue weighted by Gasteiger charge is -2.33. The van der Waals surface area contributed by atoms with Gasteiger partial charge >= 0.3 is 0 Å². The van der Waals surface area contributed by atoms with E-state index in [1.165, 1.54) is 6.07 Å². The van der Waals surface area contributed by atoms with Crippen molar-refractivity contribution in [2.75, 3.05) is 19.7 Å². The van der Waals surface area contributed by atoms with Crippen LogP contribution in [0.2, 0.25) is 0 Å². The summed E-state index contributed by atoms with van der Waals surface area (Å²) in [5.74, 6) is -0.0161. The Morgan fingerprint density at radius 1 is 1.39 bits per heavy atom. The van der Waals surface area contributed by atoms with Crippen LogP contribution in [-0.4, -0.2) is 53.7 Å². The van der Waals surface area contributed by atoms with Crippen molar-refractivity contribution in [3.63, 3.8) is 0 Å². The van der Waals surface area contributed by atoms with Gasteiger partial charge in [-0.1, -0.05) is 13.8 Å². The predicted octanol–water partition coefficient (Wildman–Crippen LogP) is 1.09. The number of carbonyl (C=O) groups excluding carboxylic acids is 1. The second-order valence-electron chi connectivity index (χ2n) is 6.96. The van der Waals surface area contributed by atoms with Gasteiger partial charge in [0.05, 0.1) is 18.3 Å². The number of H-pyrrole nitrogens is 1. The largest absolute Gasteiger partial charge is 0.376 e. The number of morpholine rings is 1. The highest BCUT2D eigenvalue weighted by Gasteiger charge is 2.37. The summed E-state index contributed by atoms with van der Waals surface area (Å²) in [6, 6.07) is 3.57. The van der Waals surface area contributed by atoms with Gasteiger partial charge in [0, 0.05) is 36.9 Å². The molecule has 6 nitrogen and oxygen atoms in total. The molecule has 2 saturated heterocycles. The summed E-state index contributed by atoms with van der Waals surface area (Å²) in [6.07, 6.45) is 1.17. The summed E-state index contributed by atoms with van der Waals surface area (Å²) in [6.45, 7) is 8.55. The van der Waals surface area contributed by atoms with Crippen LogP contribution >= 0.6 is 0 Å². The third-order valence-electron chi connectivity index (χ3n) is 4.70. The number of rotatable bonds is 3. The number of pyridine rings is 1. The lowest BCUT2D eigenvalue weighted by Crippen LogP contribution is -2.45.